The lowest BCUT2D eigenvalue weighted by atomic mass is 9.93. The predicted octanol–water partition coefficient (Wildman–Crippen LogP) is 3.04. The first-order valence-electron chi connectivity index (χ1n) is 10.1. The number of hydrogen-bond donors (Lipinski definition) is 0. The van der Waals surface area contributed by atoms with Crippen LogP contribution in [0.3, 0.4) is 0 Å². The van der Waals surface area contributed by atoms with Gasteiger partial charge in [0.2, 0.25) is 5.75 Å². The molecule has 0 amide bonds. The van der Waals surface area contributed by atoms with Gasteiger partial charge in [0, 0.05) is 44.8 Å². The standard InChI is InChI=1S/C22H32N2O3/c1-25-20-7-6-18(21(26-2)22(20)27-3)14-23-8-10-24(11-9-23)15-19-13-16-4-5-17(19)12-16/h4-7,16-17,19H,8-15H2,1-3H3/t16-,17-,19-/m1/s1. The minimum atomic E-state index is 0.681. The van der Waals surface area contributed by atoms with Gasteiger partial charge in [0.05, 0.1) is 21.3 Å². The summed E-state index contributed by atoms with van der Waals surface area (Å²) in [6.45, 7) is 6.69. The molecule has 4 rings (SSSR count). The van der Waals surface area contributed by atoms with E-state index in [-0.39, 0.29) is 0 Å². The lowest BCUT2D eigenvalue weighted by Gasteiger charge is -2.37. The molecule has 2 aliphatic carbocycles. The van der Waals surface area contributed by atoms with E-state index in [1.165, 1.54) is 19.4 Å². The third kappa shape index (κ3) is 3.81. The van der Waals surface area contributed by atoms with Crippen LogP contribution in [-0.4, -0.2) is 63.9 Å². The van der Waals surface area contributed by atoms with E-state index in [0.717, 1.165) is 61.8 Å². The smallest absolute Gasteiger partial charge is 0.203 e. The van der Waals surface area contributed by atoms with E-state index in [2.05, 4.69) is 28.0 Å². The van der Waals surface area contributed by atoms with Gasteiger partial charge in [-0.15, -0.1) is 0 Å². The average molecular weight is 373 g/mol. The molecule has 3 aliphatic rings. The molecule has 2 bridgehead atoms. The van der Waals surface area contributed by atoms with Gasteiger partial charge >= 0.3 is 0 Å². The molecule has 1 heterocycles. The Morgan fingerprint density at radius 1 is 0.852 bits per heavy atom. The Bertz CT molecular complexity index is 682. The maximum atomic E-state index is 5.64. The Morgan fingerprint density at radius 2 is 1.59 bits per heavy atom. The predicted molar refractivity (Wildman–Crippen MR) is 107 cm³/mol. The normalized spacial score (nSPS) is 27.9. The zero-order valence-electron chi connectivity index (χ0n) is 16.8. The Kier molecular flexibility index (Phi) is 5.60. The topological polar surface area (TPSA) is 34.2 Å². The number of allylic oxidation sites excluding steroid dienone is 2. The maximum Gasteiger partial charge on any atom is 0.203 e. The van der Waals surface area contributed by atoms with Gasteiger partial charge < -0.3 is 19.1 Å². The van der Waals surface area contributed by atoms with Crippen LogP contribution in [-0.2, 0) is 6.54 Å². The molecule has 1 saturated carbocycles. The van der Waals surface area contributed by atoms with Crippen molar-refractivity contribution in [1.82, 2.24) is 9.80 Å². The average Bonchev–Trinajstić information content (AvgIpc) is 3.32. The summed E-state index contributed by atoms with van der Waals surface area (Å²) in [5, 5.41) is 0. The van der Waals surface area contributed by atoms with Crippen molar-refractivity contribution in [3.8, 4) is 17.2 Å². The monoisotopic (exact) mass is 372 g/mol. The highest BCUT2D eigenvalue weighted by atomic mass is 16.5. The fourth-order valence-corrected chi connectivity index (χ4v) is 5.09. The van der Waals surface area contributed by atoms with Gasteiger partial charge in [-0.1, -0.05) is 18.2 Å². The van der Waals surface area contributed by atoms with Crippen LogP contribution in [0.2, 0.25) is 0 Å². The summed E-state index contributed by atoms with van der Waals surface area (Å²) < 4.78 is 16.6. The van der Waals surface area contributed by atoms with Crippen LogP contribution in [0.4, 0.5) is 0 Å². The molecular weight excluding hydrogens is 340 g/mol. The summed E-state index contributed by atoms with van der Waals surface area (Å²) >= 11 is 0. The van der Waals surface area contributed by atoms with E-state index in [9.17, 15) is 0 Å². The maximum absolute atomic E-state index is 5.64. The summed E-state index contributed by atoms with van der Waals surface area (Å²) in [5.41, 5.74) is 1.15. The minimum absolute atomic E-state index is 0.681. The molecule has 3 atom stereocenters. The van der Waals surface area contributed by atoms with Crippen molar-refractivity contribution in [3.63, 3.8) is 0 Å². The number of rotatable bonds is 7. The first-order valence-corrected chi connectivity index (χ1v) is 10.1. The highest BCUT2D eigenvalue weighted by Crippen LogP contribution is 2.44. The van der Waals surface area contributed by atoms with Crippen molar-refractivity contribution < 1.29 is 14.2 Å². The zero-order chi connectivity index (χ0) is 18.8. The minimum Gasteiger partial charge on any atom is -0.493 e. The van der Waals surface area contributed by atoms with Crippen molar-refractivity contribution in [1.29, 1.82) is 0 Å². The molecule has 5 nitrogen and oxygen atoms in total. The van der Waals surface area contributed by atoms with Crippen LogP contribution < -0.4 is 14.2 Å². The van der Waals surface area contributed by atoms with E-state index >= 15 is 0 Å². The van der Waals surface area contributed by atoms with E-state index < -0.39 is 0 Å². The lowest BCUT2D eigenvalue weighted by molar-refractivity contribution is 0.108. The number of nitrogens with zero attached hydrogens (tertiary/aromatic N) is 2. The second-order valence-corrected chi connectivity index (χ2v) is 8.11. The number of ether oxygens (including phenoxy) is 3. The molecule has 1 saturated heterocycles. The van der Waals surface area contributed by atoms with Crippen molar-refractivity contribution in [3.05, 3.63) is 29.8 Å². The van der Waals surface area contributed by atoms with Crippen molar-refractivity contribution in [2.24, 2.45) is 17.8 Å². The summed E-state index contributed by atoms with van der Waals surface area (Å²) in [6, 6.07) is 4.06. The van der Waals surface area contributed by atoms with Crippen LogP contribution in [0.25, 0.3) is 0 Å². The molecule has 27 heavy (non-hydrogen) atoms. The van der Waals surface area contributed by atoms with Crippen molar-refractivity contribution in [2.75, 3.05) is 54.1 Å². The van der Waals surface area contributed by atoms with E-state index in [4.69, 9.17) is 14.2 Å². The molecule has 1 aromatic carbocycles. The number of hydrogen-bond acceptors (Lipinski definition) is 5. The summed E-state index contributed by atoms with van der Waals surface area (Å²) in [4.78, 5) is 5.18. The summed E-state index contributed by atoms with van der Waals surface area (Å²) in [6.07, 6.45) is 7.72. The zero-order valence-corrected chi connectivity index (χ0v) is 16.8. The van der Waals surface area contributed by atoms with Crippen LogP contribution in [0.1, 0.15) is 18.4 Å². The Balaban J connectivity index is 1.33. The number of benzene rings is 1. The third-order valence-corrected chi connectivity index (χ3v) is 6.55. The number of fused-ring (bicyclic) bond motifs is 2. The highest BCUT2D eigenvalue weighted by Gasteiger charge is 2.36. The van der Waals surface area contributed by atoms with Crippen LogP contribution in [0.15, 0.2) is 24.3 Å². The first kappa shape index (κ1) is 18.6. The highest BCUT2D eigenvalue weighted by molar-refractivity contribution is 5.55. The molecule has 0 radical (unpaired) electrons. The molecule has 0 spiro atoms. The molecule has 5 heteroatoms. The molecule has 1 aliphatic heterocycles. The van der Waals surface area contributed by atoms with Gasteiger partial charge in [-0.05, 0) is 36.7 Å². The largest absolute Gasteiger partial charge is 0.493 e. The molecular formula is C22H32N2O3. The van der Waals surface area contributed by atoms with E-state index in [1.807, 2.05) is 6.07 Å². The fraction of sp³-hybridized carbons (Fsp3) is 0.636. The second-order valence-electron chi connectivity index (χ2n) is 8.11. The van der Waals surface area contributed by atoms with Crippen LogP contribution in [0, 0.1) is 17.8 Å². The third-order valence-electron chi connectivity index (χ3n) is 6.55. The molecule has 2 fully saturated rings. The van der Waals surface area contributed by atoms with E-state index in [1.54, 1.807) is 21.3 Å². The van der Waals surface area contributed by atoms with Gasteiger partial charge in [0.15, 0.2) is 11.5 Å². The SMILES string of the molecule is COc1ccc(CN2CCN(C[C@H]3C[C@@H]4C=C[C@@H]3C4)CC2)c(OC)c1OC. The first-order chi connectivity index (χ1) is 13.2. The van der Waals surface area contributed by atoms with Crippen LogP contribution in [0.5, 0.6) is 17.2 Å². The summed E-state index contributed by atoms with van der Waals surface area (Å²) in [5.74, 6) is 4.79. The Morgan fingerprint density at radius 3 is 2.19 bits per heavy atom. The van der Waals surface area contributed by atoms with E-state index in [0.29, 0.717) is 11.5 Å². The summed E-state index contributed by atoms with van der Waals surface area (Å²) in [7, 11) is 5.01. The number of methoxy groups -OCH3 is 3. The Labute approximate surface area is 162 Å². The molecule has 1 aromatic rings. The lowest BCUT2D eigenvalue weighted by Crippen LogP contribution is -2.47. The van der Waals surface area contributed by atoms with Gasteiger partial charge in [0.25, 0.3) is 0 Å². The molecule has 0 unspecified atom stereocenters. The van der Waals surface area contributed by atoms with Crippen LogP contribution >= 0.6 is 0 Å². The van der Waals surface area contributed by atoms with Gasteiger partial charge in [0.1, 0.15) is 0 Å². The van der Waals surface area contributed by atoms with Gasteiger partial charge in [-0.25, -0.2) is 0 Å². The molecule has 148 valence electrons. The van der Waals surface area contributed by atoms with Gasteiger partial charge in [-0.2, -0.15) is 0 Å². The van der Waals surface area contributed by atoms with Gasteiger partial charge in [-0.3, -0.25) is 4.90 Å². The second kappa shape index (κ2) is 8.11. The Hall–Kier alpha value is -1.72. The molecule has 0 aromatic heterocycles. The van der Waals surface area contributed by atoms with Crippen molar-refractivity contribution in [2.45, 2.75) is 19.4 Å². The molecule has 0 N–H and O–H groups in total. The quantitative estimate of drug-likeness (QED) is 0.687. The van der Waals surface area contributed by atoms with Crippen molar-refractivity contribution >= 4 is 0 Å². The fourth-order valence-electron chi connectivity index (χ4n) is 5.09. The number of piperazine rings is 1.